The smallest absolute Gasteiger partial charge is 0.169 e. The number of aryl methyl sites for hydroxylation is 2. The van der Waals surface area contributed by atoms with Crippen LogP contribution in [0.1, 0.15) is 34.1 Å². The fourth-order valence-electron chi connectivity index (χ4n) is 2.54. The van der Waals surface area contributed by atoms with Crippen LogP contribution in [0.4, 0.5) is 0 Å². The van der Waals surface area contributed by atoms with Crippen LogP contribution in [0.3, 0.4) is 0 Å². The van der Waals surface area contributed by atoms with Gasteiger partial charge in [-0.1, -0.05) is 6.07 Å². The lowest BCUT2D eigenvalue weighted by molar-refractivity contribution is 0.248. The predicted molar refractivity (Wildman–Crippen MR) is 96.8 cm³/mol. The maximum atomic E-state index is 4.67. The van der Waals surface area contributed by atoms with Gasteiger partial charge in [0.15, 0.2) is 5.82 Å². The quantitative estimate of drug-likeness (QED) is 0.685. The molecule has 0 amide bonds. The molecular weight excluding hydrogens is 324 g/mol. The van der Waals surface area contributed by atoms with Gasteiger partial charge in [-0.3, -0.25) is 4.90 Å². The van der Waals surface area contributed by atoms with E-state index in [9.17, 15) is 0 Å². The summed E-state index contributed by atoms with van der Waals surface area (Å²) in [5.41, 5.74) is 2.29. The Bertz CT molecular complexity index is 763. The fourth-order valence-corrected chi connectivity index (χ4v) is 4.12. The van der Waals surface area contributed by atoms with Gasteiger partial charge in [-0.25, -0.2) is 15.0 Å². The molecule has 0 bridgehead atoms. The van der Waals surface area contributed by atoms with Crippen LogP contribution in [0.25, 0.3) is 10.7 Å². The molecule has 0 fully saturated rings. The van der Waals surface area contributed by atoms with Crippen LogP contribution in [0, 0.1) is 13.8 Å². The Morgan fingerprint density at radius 1 is 1.22 bits per heavy atom. The molecule has 1 atom stereocenters. The maximum Gasteiger partial charge on any atom is 0.169 e. The maximum absolute atomic E-state index is 4.67. The normalized spacial score (nSPS) is 12.7. The first kappa shape index (κ1) is 16.2. The molecule has 120 valence electrons. The first-order valence-electron chi connectivity index (χ1n) is 7.53. The molecule has 0 spiro atoms. The molecule has 0 aliphatic carbocycles. The van der Waals surface area contributed by atoms with Gasteiger partial charge in [0.1, 0.15) is 0 Å². The van der Waals surface area contributed by atoms with Crippen molar-refractivity contribution in [2.24, 2.45) is 0 Å². The van der Waals surface area contributed by atoms with E-state index in [4.69, 9.17) is 0 Å². The fraction of sp³-hybridized carbons (Fsp3) is 0.353. The SMILES string of the molecule is Cc1nc([C@H](C)N(C)Cc2cnc(-c3cccs3)nc2)c(C)s1. The van der Waals surface area contributed by atoms with Gasteiger partial charge in [0.25, 0.3) is 0 Å². The van der Waals surface area contributed by atoms with Crippen molar-refractivity contribution >= 4 is 22.7 Å². The molecule has 3 aromatic heterocycles. The van der Waals surface area contributed by atoms with Gasteiger partial charge < -0.3 is 0 Å². The van der Waals surface area contributed by atoms with E-state index < -0.39 is 0 Å². The summed E-state index contributed by atoms with van der Waals surface area (Å²) in [6, 6.07) is 4.34. The van der Waals surface area contributed by atoms with Crippen molar-refractivity contribution in [1.82, 2.24) is 19.9 Å². The van der Waals surface area contributed by atoms with Crippen molar-refractivity contribution in [2.75, 3.05) is 7.05 Å². The highest BCUT2D eigenvalue weighted by Gasteiger charge is 2.18. The van der Waals surface area contributed by atoms with Crippen LogP contribution in [0.5, 0.6) is 0 Å². The standard InChI is InChI=1S/C17H20N4S2/c1-11(16-12(2)23-13(3)20-16)21(4)10-14-8-18-17(19-9-14)15-6-5-7-22-15/h5-9,11H,10H2,1-4H3/t11-/m0/s1. The van der Waals surface area contributed by atoms with Crippen molar-refractivity contribution in [3.63, 3.8) is 0 Å². The molecular formula is C17H20N4S2. The molecule has 0 N–H and O–H groups in total. The first-order chi connectivity index (χ1) is 11.0. The van der Waals surface area contributed by atoms with Gasteiger partial charge in [0.2, 0.25) is 0 Å². The second-order valence-corrected chi connectivity index (χ2v) is 8.01. The summed E-state index contributed by atoms with van der Waals surface area (Å²) in [7, 11) is 2.12. The summed E-state index contributed by atoms with van der Waals surface area (Å²) in [6.07, 6.45) is 3.84. The average Bonchev–Trinajstić information content (AvgIpc) is 3.17. The van der Waals surface area contributed by atoms with Gasteiger partial charge in [0.05, 0.1) is 21.6 Å². The Balaban J connectivity index is 1.70. The van der Waals surface area contributed by atoms with E-state index in [-0.39, 0.29) is 6.04 Å². The summed E-state index contributed by atoms with van der Waals surface area (Å²) in [4.78, 5) is 18.3. The topological polar surface area (TPSA) is 41.9 Å². The molecule has 3 heterocycles. The van der Waals surface area contributed by atoms with Crippen molar-refractivity contribution in [1.29, 1.82) is 0 Å². The monoisotopic (exact) mass is 344 g/mol. The van der Waals surface area contributed by atoms with Gasteiger partial charge in [-0.05, 0) is 39.3 Å². The first-order valence-corrected chi connectivity index (χ1v) is 9.23. The molecule has 0 saturated heterocycles. The highest BCUT2D eigenvalue weighted by Crippen LogP contribution is 2.27. The minimum atomic E-state index is 0.275. The summed E-state index contributed by atoms with van der Waals surface area (Å²) in [6.45, 7) is 7.21. The summed E-state index contributed by atoms with van der Waals surface area (Å²) >= 11 is 3.42. The third kappa shape index (κ3) is 3.65. The van der Waals surface area contributed by atoms with Crippen LogP contribution in [0.2, 0.25) is 0 Å². The Labute approximate surface area is 144 Å². The number of nitrogens with zero attached hydrogens (tertiary/aromatic N) is 4. The second-order valence-electron chi connectivity index (χ2n) is 5.66. The molecule has 23 heavy (non-hydrogen) atoms. The zero-order valence-corrected chi connectivity index (χ0v) is 15.4. The van der Waals surface area contributed by atoms with Crippen molar-refractivity contribution in [2.45, 2.75) is 33.4 Å². The lowest BCUT2D eigenvalue weighted by atomic mass is 10.2. The summed E-state index contributed by atoms with van der Waals surface area (Å²) in [5, 5.41) is 3.17. The van der Waals surface area contributed by atoms with Crippen molar-refractivity contribution in [3.05, 3.63) is 51.0 Å². The number of rotatable bonds is 5. The third-order valence-electron chi connectivity index (χ3n) is 3.88. The molecule has 0 aromatic carbocycles. The number of aromatic nitrogens is 3. The zero-order chi connectivity index (χ0) is 16.4. The largest absolute Gasteiger partial charge is 0.294 e. The molecule has 6 heteroatoms. The summed E-state index contributed by atoms with van der Waals surface area (Å²) in [5.74, 6) is 0.797. The van der Waals surface area contributed by atoms with Crippen LogP contribution >= 0.6 is 22.7 Å². The van der Waals surface area contributed by atoms with Crippen molar-refractivity contribution < 1.29 is 0 Å². The highest BCUT2D eigenvalue weighted by molar-refractivity contribution is 7.13. The lowest BCUT2D eigenvalue weighted by Gasteiger charge is -2.23. The van der Waals surface area contributed by atoms with E-state index in [2.05, 4.69) is 47.7 Å². The van der Waals surface area contributed by atoms with E-state index >= 15 is 0 Å². The van der Waals surface area contributed by atoms with Crippen molar-refractivity contribution in [3.8, 4) is 10.7 Å². The molecule has 4 nitrogen and oxygen atoms in total. The minimum Gasteiger partial charge on any atom is -0.294 e. The molecule has 0 aliphatic rings. The van der Waals surface area contributed by atoms with E-state index in [1.54, 1.807) is 22.7 Å². The van der Waals surface area contributed by atoms with E-state index in [0.29, 0.717) is 0 Å². The predicted octanol–water partition coefficient (Wildman–Crippen LogP) is 4.47. The Morgan fingerprint density at radius 2 is 1.96 bits per heavy atom. The number of hydrogen-bond donors (Lipinski definition) is 0. The Kier molecular flexibility index (Phi) is 4.84. The third-order valence-corrected chi connectivity index (χ3v) is 5.64. The highest BCUT2D eigenvalue weighted by atomic mass is 32.1. The molecule has 3 aromatic rings. The second kappa shape index (κ2) is 6.86. The molecule has 0 unspecified atom stereocenters. The lowest BCUT2D eigenvalue weighted by Crippen LogP contribution is -2.23. The molecule has 0 saturated carbocycles. The van der Waals surface area contributed by atoms with E-state index in [1.165, 1.54) is 10.6 Å². The minimum absolute atomic E-state index is 0.275. The number of thiophene rings is 1. The molecule has 0 radical (unpaired) electrons. The van der Waals surface area contributed by atoms with Gasteiger partial charge in [-0.15, -0.1) is 22.7 Å². The summed E-state index contributed by atoms with van der Waals surface area (Å²) < 4.78 is 0. The van der Waals surface area contributed by atoms with E-state index in [0.717, 1.165) is 27.8 Å². The zero-order valence-electron chi connectivity index (χ0n) is 13.8. The number of hydrogen-bond acceptors (Lipinski definition) is 6. The average molecular weight is 345 g/mol. The number of thiazole rings is 1. The van der Waals surface area contributed by atoms with Crippen LogP contribution in [0.15, 0.2) is 29.9 Å². The molecule has 3 rings (SSSR count). The van der Waals surface area contributed by atoms with Crippen LogP contribution in [-0.2, 0) is 6.54 Å². The van der Waals surface area contributed by atoms with Gasteiger partial charge in [-0.2, -0.15) is 0 Å². The van der Waals surface area contributed by atoms with Crippen LogP contribution in [-0.4, -0.2) is 26.9 Å². The van der Waals surface area contributed by atoms with Gasteiger partial charge >= 0.3 is 0 Å². The van der Waals surface area contributed by atoms with Gasteiger partial charge in [0, 0.05) is 29.4 Å². The van der Waals surface area contributed by atoms with Crippen LogP contribution < -0.4 is 0 Å². The Hall–Kier alpha value is -1.63. The molecule has 0 aliphatic heterocycles. The van der Waals surface area contributed by atoms with E-state index in [1.807, 2.05) is 29.9 Å². The Morgan fingerprint density at radius 3 is 2.52 bits per heavy atom.